The van der Waals surface area contributed by atoms with Crippen LogP contribution in [0.2, 0.25) is 0 Å². The number of hydrogen-bond donors (Lipinski definition) is 1. The normalized spacial score (nSPS) is 12.4. The Labute approximate surface area is 79.7 Å². The van der Waals surface area contributed by atoms with Crippen molar-refractivity contribution in [2.75, 3.05) is 0 Å². The maximum absolute atomic E-state index is 9.12. The van der Waals surface area contributed by atoms with Gasteiger partial charge in [-0.3, -0.25) is 0 Å². The summed E-state index contributed by atoms with van der Waals surface area (Å²) >= 11 is 0. The molecule has 0 heterocycles. The third-order valence-electron chi connectivity index (χ3n) is 2.31. The van der Waals surface area contributed by atoms with E-state index in [0.717, 1.165) is 12.8 Å². The molecule has 0 aliphatic heterocycles. The van der Waals surface area contributed by atoms with E-state index in [2.05, 4.69) is 13.5 Å². The van der Waals surface area contributed by atoms with Crippen LogP contribution >= 0.6 is 0 Å². The van der Waals surface area contributed by atoms with Crippen LogP contribution in [0.25, 0.3) is 0 Å². The summed E-state index contributed by atoms with van der Waals surface area (Å²) in [5, 5.41) is 9.12. The Morgan fingerprint density at radius 1 is 1.38 bits per heavy atom. The van der Waals surface area contributed by atoms with Crippen LogP contribution in [0.1, 0.15) is 31.2 Å². The zero-order valence-corrected chi connectivity index (χ0v) is 8.03. The molecule has 0 aromatic heterocycles. The van der Waals surface area contributed by atoms with Crippen LogP contribution in [-0.2, 0) is 0 Å². The Morgan fingerprint density at radius 3 is 2.46 bits per heavy atom. The van der Waals surface area contributed by atoms with Crippen molar-refractivity contribution in [1.82, 2.24) is 0 Å². The van der Waals surface area contributed by atoms with E-state index in [-0.39, 0.29) is 0 Å². The SMILES string of the molecule is C=CCC(CC)c1ccc(O)cc1. The monoisotopic (exact) mass is 176 g/mol. The Balaban J connectivity index is 2.78. The molecule has 1 nitrogen and oxygen atoms in total. The van der Waals surface area contributed by atoms with Gasteiger partial charge in [0.25, 0.3) is 0 Å². The maximum Gasteiger partial charge on any atom is 0.115 e. The van der Waals surface area contributed by atoms with Crippen LogP contribution in [-0.4, -0.2) is 5.11 Å². The van der Waals surface area contributed by atoms with Gasteiger partial charge in [0.2, 0.25) is 0 Å². The average Bonchev–Trinajstić information content (AvgIpc) is 2.16. The molecule has 1 aromatic carbocycles. The standard InChI is InChI=1S/C12H16O/c1-3-5-10(4-2)11-6-8-12(13)9-7-11/h3,6-10,13H,1,4-5H2,2H3. The second-order valence-corrected chi connectivity index (χ2v) is 3.22. The highest BCUT2D eigenvalue weighted by Crippen LogP contribution is 2.24. The molecule has 13 heavy (non-hydrogen) atoms. The van der Waals surface area contributed by atoms with Crippen molar-refractivity contribution < 1.29 is 5.11 Å². The zero-order valence-electron chi connectivity index (χ0n) is 8.03. The lowest BCUT2D eigenvalue weighted by molar-refractivity contribution is 0.474. The van der Waals surface area contributed by atoms with E-state index in [1.165, 1.54) is 5.56 Å². The molecular formula is C12H16O. The second kappa shape index (κ2) is 4.70. The molecule has 0 amide bonds. The van der Waals surface area contributed by atoms with Crippen LogP contribution in [0.5, 0.6) is 5.75 Å². The first-order valence-corrected chi connectivity index (χ1v) is 4.67. The summed E-state index contributed by atoms with van der Waals surface area (Å²) in [7, 11) is 0. The quantitative estimate of drug-likeness (QED) is 0.696. The van der Waals surface area contributed by atoms with Crippen molar-refractivity contribution in [3.05, 3.63) is 42.5 Å². The van der Waals surface area contributed by atoms with Crippen molar-refractivity contribution in [1.29, 1.82) is 0 Å². The lowest BCUT2D eigenvalue weighted by atomic mass is 9.93. The molecule has 0 saturated carbocycles. The number of rotatable bonds is 4. The number of allylic oxidation sites excluding steroid dienone is 1. The van der Waals surface area contributed by atoms with Gasteiger partial charge < -0.3 is 5.11 Å². The van der Waals surface area contributed by atoms with E-state index in [1.807, 2.05) is 18.2 Å². The van der Waals surface area contributed by atoms with E-state index in [4.69, 9.17) is 5.11 Å². The largest absolute Gasteiger partial charge is 0.508 e. The minimum Gasteiger partial charge on any atom is -0.508 e. The molecule has 1 atom stereocenters. The van der Waals surface area contributed by atoms with Crippen LogP contribution in [0, 0.1) is 0 Å². The van der Waals surface area contributed by atoms with Gasteiger partial charge in [-0.05, 0) is 36.5 Å². The Kier molecular flexibility index (Phi) is 3.56. The highest BCUT2D eigenvalue weighted by molar-refractivity contribution is 5.28. The van der Waals surface area contributed by atoms with E-state index < -0.39 is 0 Å². The van der Waals surface area contributed by atoms with Crippen LogP contribution in [0.3, 0.4) is 0 Å². The van der Waals surface area contributed by atoms with Gasteiger partial charge in [0.05, 0.1) is 0 Å². The first kappa shape index (κ1) is 9.85. The molecule has 1 N–H and O–H groups in total. The smallest absolute Gasteiger partial charge is 0.115 e. The molecule has 0 aliphatic rings. The fraction of sp³-hybridized carbons (Fsp3) is 0.333. The third-order valence-corrected chi connectivity index (χ3v) is 2.31. The molecular weight excluding hydrogens is 160 g/mol. The molecule has 0 saturated heterocycles. The predicted molar refractivity (Wildman–Crippen MR) is 56.0 cm³/mol. The van der Waals surface area contributed by atoms with Gasteiger partial charge in [0.1, 0.15) is 5.75 Å². The van der Waals surface area contributed by atoms with Gasteiger partial charge in [0, 0.05) is 0 Å². The summed E-state index contributed by atoms with van der Waals surface area (Å²) in [6.45, 7) is 5.91. The predicted octanol–water partition coefficient (Wildman–Crippen LogP) is 3.46. The molecule has 0 bridgehead atoms. The molecule has 0 fully saturated rings. The third kappa shape index (κ3) is 2.62. The van der Waals surface area contributed by atoms with Crippen LogP contribution < -0.4 is 0 Å². The molecule has 0 radical (unpaired) electrons. The summed E-state index contributed by atoms with van der Waals surface area (Å²) in [6.07, 6.45) is 4.05. The van der Waals surface area contributed by atoms with Gasteiger partial charge in [0.15, 0.2) is 0 Å². The number of benzene rings is 1. The van der Waals surface area contributed by atoms with Crippen molar-refractivity contribution in [2.24, 2.45) is 0 Å². The minimum atomic E-state index is 0.331. The molecule has 1 heteroatoms. The summed E-state index contributed by atoms with van der Waals surface area (Å²) in [5.74, 6) is 0.871. The summed E-state index contributed by atoms with van der Waals surface area (Å²) < 4.78 is 0. The van der Waals surface area contributed by atoms with Crippen molar-refractivity contribution in [3.63, 3.8) is 0 Å². The molecule has 0 aliphatic carbocycles. The Hall–Kier alpha value is -1.24. The molecule has 0 spiro atoms. The van der Waals surface area contributed by atoms with Gasteiger partial charge >= 0.3 is 0 Å². The van der Waals surface area contributed by atoms with Crippen molar-refractivity contribution in [3.8, 4) is 5.75 Å². The topological polar surface area (TPSA) is 20.2 Å². The second-order valence-electron chi connectivity index (χ2n) is 3.22. The average molecular weight is 176 g/mol. The molecule has 1 rings (SSSR count). The molecule has 1 aromatic rings. The lowest BCUT2D eigenvalue weighted by Crippen LogP contribution is -1.94. The lowest BCUT2D eigenvalue weighted by Gasteiger charge is -2.12. The Morgan fingerprint density at radius 2 is 2.00 bits per heavy atom. The summed E-state index contributed by atoms with van der Waals surface area (Å²) in [5.41, 5.74) is 1.28. The highest BCUT2D eigenvalue weighted by Gasteiger charge is 2.06. The van der Waals surface area contributed by atoms with Crippen molar-refractivity contribution >= 4 is 0 Å². The number of aromatic hydroxyl groups is 1. The maximum atomic E-state index is 9.12. The van der Waals surface area contributed by atoms with E-state index in [0.29, 0.717) is 11.7 Å². The number of phenolic OH excluding ortho intramolecular Hbond substituents is 1. The summed E-state index contributed by atoms with van der Waals surface area (Å²) in [6, 6.07) is 7.43. The van der Waals surface area contributed by atoms with Crippen molar-refractivity contribution in [2.45, 2.75) is 25.7 Å². The fourth-order valence-corrected chi connectivity index (χ4v) is 1.49. The Bertz CT molecular complexity index is 261. The van der Waals surface area contributed by atoms with Gasteiger partial charge in [-0.1, -0.05) is 25.1 Å². The van der Waals surface area contributed by atoms with E-state index >= 15 is 0 Å². The van der Waals surface area contributed by atoms with Gasteiger partial charge in [-0.2, -0.15) is 0 Å². The zero-order chi connectivity index (χ0) is 9.68. The number of phenols is 1. The van der Waals surface area contributed by atoms with E-state index in [1.54, 1.807) is 12.1 Å². The first-order chi connectivity index (χ1) is 6.27. The first-order valence-electron chi connectivity index (χ1n) is 4.67. The van der Waals surface area contributed by atoms with Gasteiger partial charge in [-0.15, -0.1) is 6.58 Å². The van der Waals surface area contributed by atoms with Gasteiger partial charge in [-0.25, -0.2) is 0 Å². The highest BCUT2D eigenvalue weighted by atomic mass is 16.3. The molecule has 1 unspecified atom stereocenters. The van der Waals surface area contributed by atoms with Crippen LogP contribution in [0.4, 0.5) is 0 Å². The summed E-state index contributed by atoms with van der Waals surface area (Å²) in [4.78, 5) is 0. The van der Waals surface area contributed by atoms with Crippen LogP contribution in [0.15, 0.2) is 36.9 Å². The minimum absolute atomic E-state index is 0.331. The number of hydrogen-bond acceptors (Lipinski definition) is 1. The fourth-order valence-electron chi connectivity index (χ4n) is 1.49. The van der Waals surface area contributed by atoms with E-state index in [9.17, 15) is 0 Å². The molecule has 70 valence electrons.